The summed E-state index contributed by atoms with van der Waals surface area (Å²) in [6, 6.07) is 0. The molecule has 0 aliphatic heterocycles. The Bertz CT molecular complexity index is 531. The molecular formula is C21H34O3. The molecule has 4 aliphatic carbocycles. The van der Waals surface area contributed by atoms with Crippen molar-refractivity contribution in [3.05, 3.63) is 0 Å². The fraction of sp³-hybridized carbons (Fsp3) is 0.952. The smallest absolute Gasteiger partial charge is 0.133 e. The lowest BCUT2D eigenvalue weighted by Crippen LogP contribution is -2.58. The number of carbonyl (C=O) groups is 1. The van der Waals surface area contributed by atoms with Crippen molar-refractivity contribution in [1.29, 1.82) is 0 Å². The molecule has 0 amide bonds. The standard InChI is InChI=1S/C21H34O3/c1-12(22)15-4-5-16-14-11-19(24)18-10-13(23)6-8-21(18,3)17(14)7-9-20(15,16)2/h13-19,23-24H,4-11H2,1-3H3/t13-,14?,15?,16?,17?,18-,19+,20?,21?/m1/s1. The number of rotatable bonds is 1. The Kier molecular flexibility index (Phi) is 3.93. The van der Waals surface area contributed by atoms with Gasteiger partial charge in [0.15, 0.2) is 0 Å². The molecule has 0 aromatic rings. The second-order valence-corrected chi connectivity index (χ2v) is 10.0. The van der Waals surface area contributed by atoms with Gasteiger partial charge in [-0.3, -0.25) is 4.79 Å². The fourth-order valence-corrected chi connectivity index (χ4v) is 7.95. The molecule has 9 atom stereocenters. The van der Waals surface area contributed by atoms with E-state index in [9.17, 15) is 15.0 Å². The van der Waals surface area contributed by atoms with Gasteiger partial charge in [-0.1, -0.05) is 13.8 Å². The molecule has 4 aliphatic rings. The van der Waals surface area contributed by atoms with Gasteiger partial charge in [-0.05, 0) is 92.8 Å². The summed E-state index contributed by atoms with van der Waals surface area (Å²) in [7, 11) is 0. The Hall–Kier alpha value is -0.410. The maximum Gasteiger partial charge on any atom is 0.133 e. The van der Waals surface area contributed by atoms with Gasteiger partial charge in [0.1, 0.15) is 5.78 Å². The van der Waals surface area contributed by atoms with E-state index in [0.717, 1.165) is 38.5 Å². The number of hydrogen-bond acceptors (Lipinski definition) is 3. The zero-order chi connectivity index (χ0) is 17.3. The maximum atomic E-state index is 12.2. The molecule has 4 saturated carbocycles. The van der Waals surface area contributed by atoms with Gasteiger partial charge >= 0.3 is 0 Å². The van der Waals surface area contributed by atoms with Crippen LogP contribution in [0.3, 0.4) is 0 Å². The Morgan fingerprint density at radius 3 is 2.25 bits per heavy atom. The lowest BCUT2D eigenvalue weighted by molar-refractivity contribution is -0.171. The van der Waals surface area contributed by atoms with Gasteiger partial charge in [0, 0.05) is 5.92 Å². The van der Waals surface area contributed by atoms with E-state index in [-0.39, 0.29) is 34.9 Å². The molecule has 0 radical (unpaired) electrons. The third-order valence-electron chi connectivity index (χ3n) is 9.14. The quantitative estimate of drug-likeness (QED) is 0.771. The van der Waals surface area contributed by atoms with Crippen LogP contribution in [0.1, 0.15) is 72.1 Å². The predicted octanol–water partition coefficient (Wildman–Crippen LogP) is 3.57. The summed E-state index contributed by atoms with van der Waals surface area (Å²) in [6.07, 6.45) is 7.70. The van der Waals surface area contributed by atoms with Crippen LogP contribution in [0.2, 0.25) is 0 Å². The first-order valence-corrected chi connectivity index (χ1v) is 10.1. The molecule has 0 saturated heterocycles. The second kappa shape index (κ2) is 5.54. The van der Waals surface area contributed by atoms with Gasteiger partial charge in [-0.25, -0.2) is 0 Å². The highest BCUT2D eigenvalue weighted by molar-refractivity contribution is 5.79. The molecule has 0 spiro atoms. The zero-order valence-corrected chi connectivity index (χ0v) is 15.5. The second-order valence-electron chi connectivity index (χ2n) is 10.0. The highest BCUT2D eigenvalue weighted by atomic mass is 16.3. The summed E-state index contributed by atoms with van der Waals surface area (Å²) in [5, 5.41) is 21.0. The molecule has 6 unspecified atom stereocenters. The Labute approximate surface area is 146 Å². The minimum absolute atomic E-state index is 0.157. The number of carbonyl (C=O) groups excluding carboxylic acids is 1. The number of ketones is 1. The minimum Gasteiger partial charge on any atom is -0.393 e. The van der Waals surface area contributed by atoms with Gasteiger partial charge in [0.25, 0.3) is 0 Å². The molecule has 24 heavy (non-hydrogen) atoms. The highest BCUT2D eigenvalue weighted by Gasteiger charge is 2.62. The van der Waals surface area contributed by atoms with E-state index in [4.69, 9.17) is 0 Å². The monoisotopic (exact) mass is 334 g/mol. The van der Waals surface area contributed by atoms with Crippen LogP contribution in [-0.2, 0) is 4.79 Å². The van der Waals surface area contributed by atoms with Gasteiger partial charge in [-0.15, -0.1) is 0 Å². The summed E-state index contributed by atoms with van der Waals surface area (Å²) in [4.78, 5) is 12.2. The molecular weight excluding hydrogens is 300 g/mol. The van der Waals surface area contributed by atoms with Crippen molar-refractivity contribution < 1.29 is 15.0 Å². The zero-order valence-electron chi connectivity index (χ0n) is 15.5. The predicted molar refractivity (Wildman–Crippen MR) is 93.3 cm³/mol. The van der Waals surface area contributed by atoms with Gasteiger partial charge in [-0.2, -0.15) is 0 Å². The molecule has 136 valence electrons. The summed E-state index contributed by atoms with van der Waals surface area (Å²) in [5.74, 6) is 2.71. The third-order valence-corrected chi connectivity index (χ3v) is 9.14. The SMILES string of the molecule is CC(=O)C1CCC2C3C[C@H](O)[C@H]4C[C@H](O)CCC4(C)C3CCC12C. The molecule has 4 fully saturated rings. The maximum absolute atomic E-state index is 12.2. The van der Waals surface area contributed by atoms with Crippen LogP contribution in [0.4, 0.5) is 0 Å². The molecule has 0 aromatic carbocycles. The molecule has 4 rings (SSSR count). The molecule has 2 N–H and O–H groups in total. The van der Waals surface area contributed by atoms with Crippen molar-refractivity contribution in [3.63, 3.8) is 0 Å². The highest BCUT2D eigenvalue weighted by Crippen LogP contribution is 2.67. The number of fused-ring (bicyclic) bond motifs is 5. The molecule has 0 heterocycles. The van der Waals surface area contributed by atoms with Crippen LogP contribution in [0.5, 0.6) is 0 Å². The Balaban J connectivity index is 1.65. The van der Waals surface area contributed by atoms with Crippen molar-refractivity contribution in [3.8, 4) is 0 Å². The van der Waals surface area contributed by atoms with E-state index in [2.05, 4.69) is 13.8 Å². The van der Waals surface area contributed by atoms with E-state index in [1.165, 1.54) is 12.8 Å². The molecule has 0 bridgehead atoms. The van der Waals surface area contributed by atoms with Crippen LogP contribution in [0, 0.1) is 40.4 Å². The van der Waals surface area contributed by atoms with Crippen LogP contribution < -0.4 is 0 Å². The summed E-state index contributed by atoms with van der Waals surface area (Å²) < 4.78 is 0. The first kappa shape index (κ1) is 17.0. The molecule has 3 nitrogen and oxygen atoms in total. The van der Waals surface area contributed by atoms with Crippen molar-refractivity contribution in [2.75, 3.05) is 0 Å². The lowest BCUT2D eigenvalue weighted by Gasteiger charge is -2.62. The first-order chi connectivity index (χ1) is 11.3. The topological polar surface area (TPSA) is 57.5 Å². The van der Waals surface area contributed by atoms with E-state index < -0.39 is 0 Å². The Morgan fingerprint density at radius 1 is 0.875 bits per heavy atom. The fourth-order valence-electron chi connectivity index (χ4n) is 7.95. The van der Waals surface area contributed by atoms with E-state index in [1.807, 2.05) is 0 Å². The lowest BCUT2D eigenvalue weighted by atomic mass is 9.44. The number of hydrogen-bond donors (Lipinski definition) is 2. The van der Waals surface area contributed by atoms with Crippen molar-refractivity contribution in [2.45, 2.75) is 84.3 Å². The number of Topliss-reactive ketones (excluding diaryl/α,β-unsaturated/α-hetero) is 1. The Morgan fingerprint density at radius 2 is 1.54 bits per heavy atom. The first-order valence-electron chi connectivity index (χ1n) is 10.1. The van der Waals surface area contributed by atoms with E-state index >= 15 is 0 Å². The summed E-state index contributed by atoms with van der Waals surface area (Å²) in [6.45, 7) is 6.53. The van der Waals surface area contributed by atoms with E-state index in [1.54, 1.807) is 6.92 Å². The van der Waals surface area contributed by atoms with Crippen LogP contribution in [0.25, 0.3) is 0 Å². The van der Waals surface area contributed by atoms with Crippen LogP contribution in [0.15, 0.2) is 0 Å². The van der Waals surface area contributed by atoms with Crippen molar-refractivity contribution in [2.24, 2.45) is 40.4 Å². The van der Waals surface area contributed by atoms with Crippen LogP contribution >= 0.6 is 0 Å². The summed E-state index contributed by atoms with van der Waals surface area (Å²) >= 11 is 0. The van der Waals surface area contributed by atoms with Gasteiger partial charge < -0.3 is 10.2 Å². The number of aliphatic hydroxyl groups is 2. The number of aliphatic hydroxyl groups excluding tert-OH is 2. The summed E-state index contributed by atoms with van der Waals surface area (Å²) in [5.41, 5.74) is 0.335. The minimum atomic E-state index is -0.273. The normalized spacial score (nSPS) is 57.0. The third kappa shape index (κ3) is 2.19. The van der Waals surface area contributed by atoms with E-state index in [0.29, 0.717) is 23.5 Å². The van der Waals surface area contributed by atoms with Gasteiger partial charge in [0.05, 0.1) is 12.2 Å². The average molecular weight is 335 g/mol. The molecule has 0 aromatic heterocycles. The van der Waals surface area contributed by atoms with Crippen LogP contribution in [-0.4, -0.2) is 28.2 Å². The van der Waals surface area contributed by atoms with Gasteiger partial charge in [0.2, 0.25) is 0 Å². The molecule has 3 heteroatoms. The average Bonchev–Trinajstić information content (AvgIpc) is 2.87. The largest absolute Gasteiger partial charge is 0.393 e. The van der Waals surface area contributed by atoms with Crippen molar-refractivity contribution >= 4 is 5.78 Å². The van der Waals surface area contributed by atoms with Crippen molar-refractivity contribution in [1.82, 2.24) is 0 Å².